The molecule has 2 rings (SSSR count). The number of likely N-dealkylation sites (N-methyl/N-ethyl adjacent to an activating group) is 1. The Bertz CT molecular complexity index is 244. The van der Waals surface area contributed by atoms with Crippen LogP contribution in [0.4, 0.5) is 0 Å². The number of nitrogens with zero attached hydrogens (tertiary/aromatic N) is 2. The van der Waals surface area contributed by atoms with Gasteiger partial charge in [0.25, 0.3) is 0 Å². The van der Waals surface area contributed by atoms with Gasteiger partial charge in [-0.2, -0.15) is 0 Å². The van der Waals surface area contributed by atoms with Crippen molar-refractivity contribution in [3.05, 3.63) is 0 Å². The molecule has 0 aliphatic carbocycles. The summed E-state index contributed by atoms with van der Waals surface area (Å²) in [6.07, 6.45) is 9.59. The van der Waals surface area contributed by atoms with Gasteiger partial charge in [0.2, 0.25) is 0 Å². The minimum atomic E-state index is 0.761. The van der Waals surface area contributed by atoms with E-state index >= 15 is 0 Å². The Morgan fingerprint density at radius 2 is 1.89 bits per heavy atom. The highest BCUT2D eigenvalue weighted by molar-refractivity contribution is 4.80. The molecule has 0 aromatic carbocycles. The molecule has 0 bridgehead atoms. The van der Waals surface area contributed by atoms with E-state index in [1.165, 1.54) is 77.7 Å². The Morgan fingerprint density at radius 3 is 2.68 bits per heavy atom. The molecule has 0 aromatic rings. The van der Waals surface area contributed by atoms with Crippen LogP contribution in [0.25, 0.3) is 0 Å². The fraction of sp³-hybridized carbons (Fsp3) is 1.00. The first kappa shape index (κ1) is 15.3. The van der Waals surface area contributed by atoms with E-state index in [-0.39, 0.29) is 0 Å². The summed E-state index contributed by atoms with van der Waals surface area (Å²) < 4.78 is 0. The van der Waals surface area contributed by atoms with Crippen LogP contribution < -0.4 is 5.32 Å². The zero-order valence-electron chi connectivity index (χ0n) is 13.0. The standard InChI is InChI=1S/C16H33N3/c1-3-10-19-12-6-7-15(9-13-19)17-14-16-8-4-5-11-18(16)2/h15-17H,3-14H2,1-2H3. The molecule has 0 radical (unpaired) electrons. The zero-order chi connectivity index (χ0) is 13.5. The summed E-state index contributed by atoms with van der Waals surface area (Å²) in [6.45, 7) is 8.69. The molecule has 2 heterocycles. The summed E-state index contributed by atoms with van der Waals surface area (Å²) in [7, 11) is 2.29. The van der Waals surface area contributed by atoms with Crippen LogP contribution in [-0.4, -0.2) is 61.7 Å². The highest BCUT2D eigenvalue weighted by Crippen LogP contribution is 2.16. The van der Waals surface area contributed by atoms with Gasteiger partial charge in [-0.1, -0.05) is 13.3 Å². The maximum absolute atomic E-state index is 3.86. The number of likely N-dealkylation sites (tertiary alicyclic amines) is 2. The zero-order valence-corrected chi connectivity index (χ0v) is 13.0. The first-order valence-corrected chi connectivity index (χ1v) is 8.45. The molecule has 112 valence electrons. The Hall–Kier alpha value is -0.120. The van der Waals surface area contributed by atoms with E-state index < -0.39 is 0 Å². The molecule has 3 heteroatoms. The van der Waals surface area contributed by atoms with Crippen molar-refractivity contribution in [1.82, 2.24) is 15.1 Å². The smallest absolute Gasteiger partial charge is 0.0217 e. The van der Waals surface area contributed by atoms with Crippen LogP contribution in [0.15, 0.2) is 0 Å². The topological polar surface area (TPSA) is 18.5 Å². The lowest BCUT2D eigenvalue weighted by molar-refractivity contribution is 0.176. The van der Waals surface area contributed by atoms with Crippen molar-refractivity contribution < 1.29 is 0 Å². The fourth-order valence-corrected chi connectivity index (χ4v) is 3.60. The van der Waals surface area contributed by atoms with E-state index in [0.29, 0.717) is 0 Å². The first-order chi connectivity index (χ1) is 9.29. The van der Waals surface area contributed by atoms with Gasteiger partial charge in [-0.15, -0.1) is 0 Å². The van der Waals surface area contributed by atoms with Gasteiger partial charge in [0.1, 0.15) is 0 Å². The molecule has 2 fully saturated rings. The van der Waals surface area contributed by atoms with Crippen molar-refractivity contribution in [2.45, 2.75) is 64.0 Å². The second-order valence-electron chi connectivity index (χ2n) is 6.51. The van der Waals surface area contributed by atoms with Crippen LogP contribution in [0, 0.1) is 0 Å². The molecular formula is C16H33N3. The molecule has 0 aromatic heterocycles. The maximum Gasteiger partial charge on any atom is 0.0217 e. The fourth-order valence-electron chi connectivity index (χ4n) is 3.60. The summed E-state index contributed by atoms with van der Waals surface area (Å²) in [4.78, 5) is 5.20. The quantitative estimate of drug-likeness (QED) is 0.825. The molecule has 2 aliphatic rings. The number of hydrogen-bond acceptors (Lipinski definition) is 3. The van der Waals surface area contributed by atoms with E-state index in [1.807, 2.05) is 0 Å². The van der Waals surface area contributed by atoms with Crippen LogP contribution in [-0.2, 0) is 0 Å². The molecule has 3 nitrogen and oxygen atoms in total. The SMILES string of the molecule is CCCN1CCCC(NCC2CCCCN2C)CC1. The van der Waals surface area contributed by atoms with Gasteiger partial charge in [-0.05, 0) is 71.8 Å². The summed E-state index contributed by atoms with van der Waals surface area (Å²) in [5.41, 5.74) is 0. The van der Waals surface area contributed by atoms with E-state index in [1.54, 1.807) is 0 Å². The van der Waals surface area contributed by atoms with Crippen LogP contribution >= 0.6 is 0 Å². The van der Waals surface area contributed by atoms with Gasteiger partial charge < -0.3 is 15.1 Å². The minimum absolute atomic E-state index is 0.761. The molecule has 0 amide bonds. The summed E-state index contributed by atoms with van der Waals surface area (Å²) >= 11 is 0. The highest BCUT2D eigenvalue weighted by atomic mass is 15.2. The van der Waals surface area contributed by atoms with Crippen molar-refractivity contribution in [3.63, 3.8) is 0 Å². The van der Waals surface area contributed by atoms with Crippen LogP contribution in [0.5, 0.6) is 0 Å². The van der Waals surface area contributed by atoms with Gasteiger partial charge in [-0.25, -0.2) is 0 Å². The number of piperidine rings is 1. The number of nitrogens with one attached hydrogen (secondary N) is 1. The second-order valence-corrected chi connectivity index (χ2v) is 6.51. The summed E-state index contributed by atoms with van der Waals surface area (Å²) in [5.74, 6) is 0. The number of hydrogen-bond donors (Lipinski definition) is 1. The van der Waals surface area contributed by atoms with Crippen LogP contribution in [0.2, 0.25) is 0 Å². The third kappa shape index (κ3) is 5.05. The Kier molecular flexibility index (Phi) is 6.62. The van der Waals surface area contributed by atoms with Gasteiger partial charge in [0.15, 0.2) is 0 Å². The average Bonchev–Trinajstić information content (AvgIpc) is 2.64. The van der Waals surface area contributed by atoms with Crippen molar-refractivity contribution in [2.24, 2.45) is 0 Å². The first-order valence-electron chi connectivity index (χ1n) is 8.45. The Labute approximate surface area is 119 Å². The lowest BCUT2D eigenvalue weighted by Gasteiger charge is -2.33. The lowest BCUT2D eigenvalue weighted by atomic mass is 10.0. The Balaban J connectivity index is 1.68. The molecule has 1 N–H and O–H groups in total. The summed E-state index contributed by atoms with van der Waals surface area (Å²) in [6, 6.07) is 1.54. The normalized spacial score (nSPS) is 31.3. The molecule has 0 saturated carbocycles. The third-order valence-electron chi connectivity index (χ3n) is 4.92. The van der Waals surface area contributed by atoms with Gasteiger partial charge >= 0.3 is 0 Å². The molecular weight excluding hydrogens is 234 g/mol. The summed E-state index contributed by atoms with van der Waals surface area (Å²) in [5, 5.41) is 3.86. The van der Waals surface area contributed by atoms with Crippen LogP contribution in [0.1, 0.15) is 51.9 Å². The molecule has 2 unspecified atom stereocenters. The van der Waals surface area contributed by atoms with E-state index in [4.69, 9.17) is 0 Å². The van der Waals surface area contributed by atoms with E-state index in [2.05, 4.69) is 29.1 Å². The van der Waals surface area contributed by atoms with E-state index in [9.17, 15) is 0 Å². The highest BCUT2D eigenvalue weighted by Gasteiger charge is 2.21. The monoisotopic (exact) mass is 267 g/mol. The minimum Gasteiger partial charge on any atom is -0.312 e. The van der Waals surface area contributed by atoms with Crippen molar-refractivity contribution in [3.8, 4) is 0 Å². The largest absolute Gasteiger partial charge is 0.312 e. The lowest BCUT2D eigenvalue weighted by Crippen LogP contribution is -2.45. The predicted molar refractivity (Wildman–Crippen MR) is 82.6 cm³/mol. The van der Waals surface area contributed by atoms with Crippen LogP contribution in [0.3, 0.4) is 0 Å². The van der Waals surface area contributed by atoms with Gasteiger partial charge in [-0.3, -0.25) is 0 Å². The van der Waals surface area contributed by atoms with E-state index in [0.717, 1.165) is 12.1 Å². The van der Waals surface area contributed by atoms with Gasteiger partial charge in [0, 0.05) is 18.6 Å². The van der Waals surface area contributed by atoms with Crippen molar-refractivity contribution in [1.29, 1.82) is 0 Å². The van der Waals surface area contributed by atoms with Gasteiger partial charge in [0.05, 0.1) is 0 Å². The van der Waals surface area contributed by atoms with Crippen molar-refractivity contribution >= 4 is 0 Å². The Morgan fingerprint density at radius 1 is 1.00 bits per heavy atom. The number of rotatable bonds is 5. The van der Waals surface area contributed by atoms with Crippen molar-refractivity contribution in [2.75, 3.05) is 39.8 Å². The molecule has 2 saturated heterocycles. The maximum atomic E-state index is 3.86. The molecule has 0 spiro atoms. The average molecular weight is 267 g/mol. The predicted octanol–water partition coefficient (Wildman–Crippen LogP) is 2.32. The second kappa shape index (κ2) is 8.23. The third-order valence-corrected chi connectivity index (χ3v) is 4.92. The molecule has 2 atom stereocenters. The molecule has 2 aliphatic heterocycles. The molecule has 19 heavy (non-hydrogen) atoms.